The van der Waals surface area contributed by atoms with E-state index in [-0.39, 0.29) is 0 Å². The van der Waals surface area contributed by atoms with E-state index in [0.29, 0.717) is 0 Å². The molecular weight excluding hydrogens is 304 g/mol. The maximum absolute atomic E-state index is 2.29. The van der Waals surface area contributed by atoms with Crippen LogP contribution in [-0.4, -0.2) is 0 Å². The fourth-order valence-corrected chi connectivity index (χ4v) is 3.12. The summed E-state index contributed by atoms with van der Waals surface area (Å²) in [5, 5.41) is 0. The van der Waals surface area contributed by atoms with Gasteiger partial charge in [-0.1, -0.05) is 24.3 Å². The van der Waals surface area contributed by atoms with Crippen LogP contribution in [0.2, 0.25) is 0 Å². The fourth-order valence-electron chi connectivity index (χ4n) is 3.12. The molecule has 0 spiro atoms. The zero-order valence-electron chi connectivity index (χ0n) is 14.3. The van der Waals surface area contributed by atoms with Crippen LogP contribution in [0, 0.1) is 0 Å². The largest absolute Gasteiger partial charge is 0.210 e. The molecule has 0 unspecified atom stereocenters. The first-order chi connectivity index (χ1) is 12.4. The van der Waals surface area contributed by atoms with Crippen LogP contribution >= 0.6 is 0 Å². The third-order valence-corrected chi connectivity index (χ3v) is 4.53. The highest BCUT2D eigenvalue weighted by Gasteiger charge is 2.09. The van der Waals surface area contributed by atoms with Gasteiger partial charge >= 0.3 is 0 Å². The number of aromatic nitrogens is 2. The lowest BCUT2D eigenvalue weighted by atomic mass is 10.1. The molecule has 2 nitrogen and oxygen atoms in total. The second-order valence-corrected chi connectivity index (χ2v) is 6.35. The summed E-state index contributed by atoms with van der Waals surface area (Å²) in [5.74, 6) is 0. The molecule has 0 N–H and O–H groups in total. The van der Waals surface area contributed by atoms with Crippen LogP contribution in [0.15, 0.2) is 97.6 Å². The zero-order chi connectivity index (χ0) is 16.9. The summed E-state index contributed by atoms with van der Waals surface area (Å²) in [7, 11) is 0. The molecule has 0 radical (unpaired) electrons. The highest BCUT2D eigenvalue weighted by atomic mass is 14.9. The molecule has 1 aliphatic carbocycles. The molecule has 0 amide bonds. The van der Waals surface area contributed by atoms with E-state index in [1.165, 1.54) is 22.5 Å². The summed E-state index contributed by atoms with van der Waals surface area (Å²) < 4.78 is 4.33. The van der Waals surface area contributed by atoms with Gasteiger partial charge in [-0.2, -0.15) is 9.13 Å². The average molecular weight is 326 g/mol. The molecule has 3 aromatic rings. The molecule has 2 heteroatoms. The molecule has 0 saturated heterocycles. The van der Waals surface area contributed by atoms with E-state index in [4.69, 9.17) is 0 Å². The summed E-state index contributed by atoms with van der Waals surface area (Å²) in [5.41, 5.74) is 5.10. The minimum absolute atomic E-state index is 0.950. The number of hydrogen-bond acceptors (Lipinski definition) is 0. The Hall–Kier alpha value is -3.00. The number of pyridine rings is 2. The molecule has 1 aliphatic rings. The normalized spacial score (nSPS) is 13.5. The Morgan fingerprint density at radius 3 is 1.92 bits per heavy atom. The first-order valence-corrected chi connectivity index (χ1v) is 8.81. The van der Waals surface area contributed by atoms with Gasteiger partial charge in [0.15, 0.2) is 24.8 Å². The Morgan fingerprint density at radius 1 is 0.680 bits per heavy atom. The molecule has 0 bridgehead atoms. The van der Waals surface area contributed by atoms with Gasteiger partial charge in [-0.3, -0.25) is 0 Å². The third kappa shape index (κ3) is 3.74. The van der Waals surface area contributed by atoms with Crippen LogP contribution in [0.25, 0.3) is 11.4 Å². The van der Waals surface area contributed by atoms with Gasteiger partial charge in [-0.05, 0) is 36.5 Å². The Bertz CT molecular complexity index is 889. The van der Waals surface area contributed by atoms with Crippen molar-refractivity contribution < 1.29 is 9.13 Å². The Balaban J connectivity index is 1.47. The molecular formula is C23H22N2+2. The molecule has 0 fully saturated rings. The molecule has 0 atom stereocenters. The van der Waals surface area contributed by atoms with Gasteiger partial charge < -0.3 is 0 Å². The average Bonchev–Trinajstić information content (AvgIpc) is 2.71. The van der Waals surface area contributed by atoms with Crippen LogP contribution < -0.4 is 9.13 Å². The quantitative estimate of drug-likeness (QED) is 0.640. The summed E-state index contributed by atoms with van der Waals surface area (Å²) in [6.07, 6.45) is 18.5. The zero-order valence-corrected chi connectivity index (χ0v) is 14.3. The predicted octanol–water partition coefficient (Wildman–Crippen LogP) is 4.03. The molecule has 1 aromatic carbocycles. The Kier molecular flexibility index (Phi) is 4.51. The first-order valence-electron chi connectivity index (χ1n) is 8.81. The van der Waals surface area contributed by atoms with Gasteiger partial charge in [0.2, 0.25) is 11.4 Å². The van der Waals surface area contributed by atoms with Gasteiger partial charge in [0.25, 0.3) is 0 Å². The van der Waals surface area contributed by atoms with E-state index in [9.17, 15) is 0 Å². The molecule has 2 aromatic heterocycles. The van der Waals surface area contributed by atoms with Crippen LogP contribution in [-0.2, 0) is 6.42 Å². The van der Waals surface area contributed by atoms with Crippen molar-refractivity contribution >= 4 is 5.70 Å². The van der Waals surface area contributed by atoms with E-state index < -0.39 is 0 Å². The van der Waals surface area contributed by atoms with E-state index in [0.717, 1.165) is 19.3 Å². The topological polar surface area (TPSA) is 7.76 Å². The second-order valence-electron chi connectivity index (χ2n) is 6.35. The van der Waals surface area contributed by atoms with Gasteiger partial charge in [0.1, 0.15) is 0 Å². The van der Waals surface area contributed by atoms with Crippen molar-refractivity contribution in [1.29, 1.82) is 0 Å². The van der Waals surface area contributed by atoms with Crippen molar-refractivity contribution in [1.82, 2.24) is 0 Å². The van der Waals surface area contributed by atoms with Gasteiger partial charge in [-0.25, -0.2) is 0 Å². The lowest BCUT2D eigenvalue weighted by molar-refractivity contribution is -0.595. The van der Waals surface area contributed by atoms with Gasteiger partial charge in [-0.15, -0.1) is 0 Å². The molecule has 0 saturated carbocycles. The van der Waals surface area contributed by atoms with Crippen LogP contribution in [0.4, 0.5) is 0 Å². The number of para-hydroxylation sites is 1. The van der Waals surface area contributed by atoms with E-state index >= 15 is 0 Å². The highest BCUT2D eigenvalue weighted by molar-refractivity contribution is 5.48. The first kappa shape index (κ1) is 15.5. The highest BCUT2D eigenvalue weighted by Crippen LogP contribution is 2.11. The van der Waals surface area contributed by atoms with Crippen molar-refractivity contribution in [3.8, 4) is 5.69 Å². The third-order valence-electron chi connectivity index (χ3n) is 4.53. The van der Waals surface area contributed by atoms with Crippen LogP contribution in [0.5, 0.6) is 0 Å². The van der Waals surface area contributed by atoms with Gasteiger partial charge in [0.05, 0.1) is 0 Å². The summed E-state index contributed by atoms with van der Waals surface area (Å²) in [4.78, 5) is 0. The van der Waals surface area contributed by atoms with Crippen molar-refractivity contribution in [2.24, 2.45) is 0 Å². The van der Waals surface area contributed by atoms with E-state index in [1.54, 1.807) is 0 Å². The van der Waals surface area contributed by atoms with Crippen molar-refractivity contribution in [3.63, 3.8) is 0 Å². The smallest absolute Gasteiger partial charge is 0.168 e. The molecule has 4 rings (SSSR count). The maximum atomic E-state index is 2.29. The Labute approximate surface area is 149 Å². The molecule has 0 aliphatic heterocycles. The number of allylic oxidation sites excluding steroid dienone is 4. The summed E-state index contributed by atoms with van der Waals surface area (Å²) in [6, 6.07) is 19.2. The minimum atomic E-state index is 0.950. The van der Waals surface area contributed by atoms with Crippen LogP contribution in [0.1, 0.15) is 24.0 Å². The van der Waals surface area contributed by atoms with Crippen LogP contribution in [0.3, 0.4) is 0 Å². The number of hydrogen-bond donors (Lipinski definition) is 0. The minimum Gasteiger partial charge on any atom is -0.168 e. The number of benzene rings is 1. The standard InChI is InChI=1S/C23H22N2/c1-3-7-22(8-4-1)24-15-11-20(12-16-24)19-21-13-17-25(18-14-21)23-9-5-2-6-10-23/h1,3-5,7-18H,2,6,19H2/q+2. The second kappa shape index (κ2) is 7.27. The van der Waals surface area contributed by atoms with Crippen molar-refractivity contribution in [3.05, 3.63) is 109 Å². The van der Waals surface area contributed by atoms with Crippen molar-refractivity contribution in [2.45, 2.75) is 19.3 Å². The van der Waals surface area contributed by atoms with E-state index in [2.05, 4.69) is 101 Å². The molecule has 25 heavy (non-hydrogen) atoms. The number of nitrogens with zero attached hydrogens (tertiary/aromatic N) is 2. The monoisotopic (exact) mass is 326 g/mol. The molecule has 122 valence electrons. The molecule has 2 heterocycles. The SMILES string of the molecule is C1=CC([n+]2ccc(Cc3cc[n+](-c4ccccc4)cc3)cc2)=CCC1. The summed E-state index contributed by atoms with van der Waals surface area (Å²) >= 11 is 0. The summed E-state index contributed by atoms with van der Waals surface area (Å²) in [6.45, 7) is 0. The maximum Gasteiger partial charge on any atom is 0.210 e. The van der Waals surface area contributed by atoms with Crippen molar-refractivity contribution in [2.75, 3.05) is 0 Å². The van der Waals surface area contributed by atoms with Gasteiger partial charge in [0, 0.05) is 42.5 Å². The Morgan fingerprint density at radius 2 is 1.32 bits per heavy atom. The lowest BCUT2D eigenvalue weighted by Gasteiger charge is -2.03. The lowest BCUT2D eigenvalue weighted by Crippen LogP contribution is -2.31. The predicted molar refractivity (Wildman–Crippen MR) is 100 cm³/mol. The van der Waals surface area contributed by atoms with E-state index in [1.807, 2.05) is 6.07 Å². The fraction of sp³-hybridized carbons (Fsp3) is 0.130. The number of rotatable bonds is 4.